The second-order valence-corrected chi connectivity index (χ2v) is 6.89. The number of methoxy groups -OCH3 is 1. The number of amides is 4. The van der Waals surface area contributed by atoms with Gasteiger partial charge in [0.05, 0.1) is 7.11 Å². The molecule has 0 bridgehead atoms. The number of nitrogens with zero attached hydrogens (tertiary/aromatic N) is 1. The second-order valence-electron chi connectivity index (χ2n) is 6.89. The van der Waals surface area contributed by atoms with Crippen molar-refractivity contribution in [2.75, 3.05) is 13.7 Å². The first kappa shape index (κ1) is 20.4. The van der Waals surface area contributed by atoms with Crippen molar-refractivity contribution < 1.29 is 19.1 Å². The molecule has 4 amide bonds. The van der Waals surface area contributed by atoms with Crippen LogP contribution in [0.5, 0.6) is 5.75 Å². The zero-order chi connectivity index (χ0) is 20.6. The number of hydrogen-bond acceptors (Lipinski definition) is 4. The minimum absolute atomic E-state index is 0.161. The fraction of sp³-hybridized carbons (Fsp3) is 0.318. The average molecular weight is 395 g/mol. The largest absolute Gasteiger partial charge is 0.497 e. The molecule has 1 unspecified atom stereocenters. The van der Waals surface area contributed by atoms with Gasteiger partial charge in [-0.3, -0.25) is 14.5 Å². The molecule has 2 N–H and O–H groups in total. The van der Waals surface area contributed by atoms with E-state index in [4.69, 9.17) is 4.74 Å². The van der Waals surface area contributed by atoms with E-state index in [9.17, 15) is 14.4 Å². The van der Waals surface area contributed by atoms with Crippen LogP contribution in [-0.2, 0) is 22.6 Å². The zero-order valence-electron chi connectivity index (χ0n) is 16.4. The number of carbonyl (C=O) groups is 3. The van der Waals surface area contributed by atoms with E-state index in [-0.39, 0.29) is 24.7 Å². The van der Waals surface area contributed by atoms with E-state index in [1.807, 2.05) is 54.6 Å². The van der Waals surface area contributed by atoms with Gasteiger partial charge in [-0.2, -0.15) is 0 Å². The van der Waals surface area contributed by atoms with Crippen molar-refractivity contribution in [3.63, 3.8) is 0 Å². The van der Waals surface area contributed by atoms with E-state index < -0.39 is 12.1 Å². The van der Waals surface area contributed by atoms with Crippen molar-refractivity contribution in [3.05, 3.63) is 65.7 Å². The Balaban J connectivity index is 1.42. The fourth-order valence-corrected chi connectivity index (χ4v) is 3.18. The Bertz CT molecular complexity index is 852. The van der Waals surface area contributed by atoms with Crippen molar-refractivity contribution in [1.82, 2.24) is 15.5 Å². The van der Waals surface area contributed by atoms with Gasteiger partial charge in [0.25, 0.3) is 5.91 Å². The molecule has 0 spiro atoms. The number of nitrogens with one attached hydrogen (secondary N) is 2. The van der Waals surface area contributed by atoms with Crippen LogP contribution in [0.3, 0.4) is 0 Å². The van der Waals surface area contributed by atoms with Gasteiger partial charge in [-0.05, 0) is 36.1 Å². The summed E-state index contributed by atoms with van der Waals surface area (Å²) in [7, 11) is 1.60. The Labute approximate surface area is 170 Å². The van der Waals surface area contributed by atoms with Gasteiger partial charge in [0.15, 0.2) is 0 Å². The van der Waals surface area contributed by atoms with E-state index in [1.165, 1.54) is 4.90 Å². The summed E-state index contributed by atoms with van der Waals surface area (Å²) in [5.41, 5.74) is 2.02. The Kier molecular flexibility index (Phi) is 6.84. The Morgan fingerprint density at radius 3 is 2.48 bits per heavy atom. The van der Waals surface area contributed by atoms with E-state index in [0.717, 1.165) is 16.9 Å². The molecular weight excluding hydrogens is 370 g/mol. The summed E-state index contributed by atoms with van der Waals surface area (Å²) in [6.07, 6.45) is 1.05. The maximum Gasteiger partial charge on any atom is 0.324 e. The molecule has 0 saturated carbocycles. The van der Waals surface area contributed by atoms with E-state index in [1.54, 1.807) is 7.11 Å². The lowest BCUT2D eigenvalue weighted by molar-refractivity contribution is -0.127. The molecule has 0 aromatic heterocycles. The molecule has 7 nitrogen and oxygen atoms in total. The van der Waals surface area contributed by atoms with Gasteiger partial charge in [0.1, 0.15) is 11.8 Å². The molecule has 1 aliphatic heterocycles. The fourth-order valence-electron chi connectivity index (χ4n) is 3.18. The Morgan fingerprint density at radius 1 is 1.07 bits per heavy atom. The molecular formula is C22H25N3O4. The highest BCUT2D eigenvalue weighted by Crippen LogP contribution is 2.14. The lowest BCUT2D eigenvalue weighted by Crippen LogP contribution is -2.33. The SMILES string of the molecule is COc1ccc(CNC(=O)CCC2NC(=O)N(CCc3ccccc3)C2=O)cc1. The molecule has 1 heterocycles. The number of benzene rings is 2. The number of hydrogen-bond donors (Lipinski definition) is 2. The quantitative estimate of drug-likeness (QED) is 0.638. The molecule has 3 rings (SSSR count). The summed E-state index contributed by atoms with van der Waals surface area (Å²) >= 11 is 0. The molecule has 1 fully saturated rings. The Hall–Kier alpha value is -3.35. The molecule has 152 valence electrons. The number of ether oxygens (including phenoxy) is 1. The minimum Gasteiger partial charge on any atom is -0.497 e. The van der Waals surface area contributed by atoms with Crippen molar-refractivity contribution in [2.45, 2.75) is 31.8 Å². The summed E-state index contributed by atoms with van der Waals surface area (Å²) in [6, 6.07) is 16.1. The molecule has 2 aromatic carbocycles. The summed E-state index contributed by atoms with van der Waals surface area (Å²) in [4.78, 5) is 37.9. The van der Waals surface area contributed by atoms with E-state index in [2.05, 4.69) is 10.6 Å². The molecule has 1 atom stereocenters. The van der Waals surface area contributed by atoms with Crippen LogP contribution in [0.25, 0.3) is 0 Å². The van der Waals surface area contributed by atoms with E-state index >= 15 is 0 Å². The number of rotatable bonds is 9. The van der Waals surface area contributed by atoms with Gasteiger partial charge < -0.3 is 15.4 Å². The van der Waals surface area contributed by atoms with Crippen LogP contribution >= 0.6 is 0 Å². The van der Waals surface area contributed by atoms with Crippen molar-refractivity contribution in [3.8, 4) is 5.75 Å². The molecule has 29 heavy (non-hydrogen) atoms. The van der Waals surface area contributed by atoms with Gasteiger partial charge in [0.2, 0.25) is 5.91 Å². The zero-order valence-corrected chi connectivity index (χ0v) is 16.4. The van der Waals surface area contributed by atoms with Crippen LogP contribution < -0.4 is 15.4 Å². The predicted molar refractivity (Wildman–Crippen MR) is 108 cm³/mol. The summed E-state index contributed by atoms with van der Waals surface area (Å²) in [5.74, 6) is 0.326. The second kappa shape index (κ2) is 9.73. The first-order valence-corrected chi connectivity index (χ1v) is 9.62. The van der Waals surface area contributed by atoms with Crippen LogP contribution in [0.1, 0.15) is 24.0 Å². The molecule has 0 aliphatic carbocycles. The van der Waals surface area contributed by atoms with Gasteiger partial charge in [0, 0.05) is 19.5 Å². The topological polar surface area (TPSA) is 87.7 Å². The predicted octanol–water partition coefficient (Wildman–Crippen LogP) is 2.25. The monoisotopic (exact) mass is 395 g/mol. The first-order valence-electron chi connectivity index (χ1n) is 9.62. The summed E-state index contributed by atoms with van der Waals surface area (Å²) in [5, 5.41) is 5.50. The van der Waals surface area contributed by atoms with Gasteiger partial charge in [-0.15, -0.1) is 0 Å². The highest BCUT2D eigenvalue weighted by atomic mass is 16.5. The average Bonchev–Trinajstić information content (AvgIpc) is 3.03. The van der Waals surface area contributed by atoms with E-state index in [0.29, 0.717) is 19.5 Å². The van der Waals surface area contributed by atoms with Crippen LogP contribution in [0.4, 0.5) is 4.79 Å². The maximum absolute atomic E-state index is 12.5. The Morgan fingerprint density at radius 2 is 1.79 bits per heavy atom. The number of urea groups is 1. The maximum atomic E-state index is 12.5. The number of imide groups is 1. The molecule has 7 heteroatoms. The normalized spacial score (nSPS) is 15.9. The minimum atomic E-state index is -0.648. The lowest BCUT2D eigenvalue weighted by Gasteiger charge is -2.13. The molecule has 0 radical (unpaired) electrons. The first-order chi connectivity index (χ1) is 14.1. The number of carbonyl (C=O) groups excluding carboxylic acids is 3. The third kappa shape index (κ3) is 5.57. The van der Waals surface area contributed by atoms with Crippen LogP contribution in [-0.4, -0.2) is 42.4 Å². The van der Waals surface area contributed by atoms with Crippen LogP contribution in [0.15, 0.2) is 54.6 Å². The summed E-state index contributed by atoms with van der Waals surface area (Å²) in [6.45, 7) is 0.728. The van der Waals surface area contributed by atoms with Crippen LogP contribution in [0, 0.1) is 0 Å². The van der Waals surface area contributed by atoms with Crippen LogP contribution in [0.2, 0.25) is 0 Å². The van der Waals surface area contributed by atoms with Gasteiger partial charge >= 0.3 is 6.03 Å². The van der Waals surface area contributed by atoms with Gasteiger partial charge in [-0.25, -0.2) is 4.79 Å². The molecule has 2 aromatic rings. The third-order valence-electron chi connectivity index (χ3n) is 4.88. The van der Waals surface area contributed by atoms with Crippen molar-refractivity contribution >= 4 is 17.8 Å². The smallest absolute Gasteiger partial charge is 0.324 e. The molecule has 1 aliphatic rings. The van der Waals surface area contributed by atoms with Crippen molar-refractivity contribution in [1.29, 1.82) is 0 Å². The van der Waals surface area contributed by atoms with Gasteiger partial charge in [-0.1, -0.05) is 42.5 Å². The van der Waals surface area contributed by atoms with Crippen molar-refractivity contribution in [2.24, 2.45) is 0 Å². The highest BCUT2D eigenvalue weighted by Gasteiger charge is 2.37. The lowest BCUT2D eigenvalue weighted by atomic mass is 10.1. The third-order valence-corrected chi connectivity index (χ3v) is 4.88. The molecule has 1 saturated heterocycles. The standard InChI is InChI=1S/C22H25N3O4/c1-29-18-9-7-17(8-10-18)15-23-20(26)12-11-19-21(27)25(22(28)24-19)14-13-16-5-3-2-4-6-16/h2-10,19H,11-15H2,1H3,(H,23,26)(H,24,28). The highest BCUT2D eigenvalue weighted by molar-refractivity contribution is 6.04. The summed E-state index contributed by atoms with van der Waals surface area (Å²) < 4.78 is 5.10.